The van der Waals surface area contributed by atoms with Crippen LogP contribution in [0.15, 0.2) is 24.7 Å². The molecule has 1 fully saturated rings. The molecule has 2 aliphatic rings. The number of carbonyl (C=O) groups is 1. The summed E-state index contributed by atoms with van der Waals surface area (Å²) in [6.45, 7) is 3.87. The zero-order valence-electron chi connectivity index (χ0n) is 14.7. The van der Waals surface area contributed by atoms with E-state index < -0.39 is 0 Å². The van der Waals surface area contributed by atoms with Crippen LogP contribution >= 0.6 is 0 Å². The van der Waals surface area contributed by atoms with E-state index in [4.69, 9.17) is 4.74 Å². The number of hydrogen-bond acceptors (Lipinski definition) is 5. The number of amides is 1. The average Bonchev–Trinajstić information content (AvgIpc) is 2.94. The van der Waals surface area contributed by atoms with Crippen LogP contribution < -0.4 is 4.74 Å². The molecule has 7 heteroatoms. The lowest BCUT2D eigenvalue weighted by Crippen LogP contribution is -2.48. The van der Waals surface area contributed by atoms with Gasteiger partial charge in [-0.15, -0.1) is 0 Å². The molecule has 0 saturated carbocycles. The molecule has 2 aliphatic heterocycles. The van der Waals surface area contributed by atoms with Crippen molar-refractivity contribution in [3.63, 3.8) is 0 Å². The standard InChI is InChI=1S/C18H23N5O2/c1-21-12-20-15-11-22(9-13-5-3-6-19-17(13)25-2)10-14(16(15)21)18(24)23-7-4-8-23/h3,5-6,12,14H,4,7-11H2,1-2H3/t14-/m1/s1. The fraction of sp³-hybridized carbons (Fsp3) is 0.500. The molecule has 132 valence electrons. The minimum absolute atomic E-state index is 0.154. The lowest BCUT2D eigenvalue weighted by atomic mass is 9.95. The summed E-state index contributed by atoms with van der Waals surface area (Å²) in [4.78, 5) is 26.0. The van der Waals surface area contributed by atoms with Crippen molar-refractivity contribution in [3.8, 4) is 5.88 Å². The number of fused-ring (bicyclic) bond motifs is 1. The summed E-state index contributed by atoms with van der Waals surface area (Å²) in [5.74, 6) is 0.707. The molecule has 0 aliphatic carbocycles. The van der Waals surface area contributed by atoms with Crippen LogP contribution in [0.5, 0.6) is 5.88 Å². The van der Waals surface area contributed by atoms with Gasteiger partial charge in [-0.05, 0) is 12.5 Å². The summed E-state index contributed by atoms with van der Waals surface area (Å²) in [6.07, 6.45) is 4.65. The minimum Gasteiger partial charge on any atom is -0.481 e. The third-order valence-electron chi connectivity index (χ3n) is 5.11. The molecule has 1 saturated heterocycles. The van der Waals surface area contributed by atoms with Crippen LogP contribution in [-0.4, -0.2) is 57.0 Å². The summed E-state index contributed by atoms with van der Waals surface area (Å²) in [5.41, 5.74) is 3.08. The van der Waals surface area contributed by atoms with Crippen LogP contribution in [0.4, 0.5) is 0 Å². The van der Waals surface area contributed by atoms with Gasteiger partial charge in [-0.1, -0.05) is 6.07 Å². The zero-order valence-corrected chi connectivity index (χ0v) is 14.7. The van der Waals surface area contributed by atoms with Crippen molar-refractivity contribution < 1.29 is 9.53 Å². The molecule has 0 unspecified atom stereocenters. The Morgan fingerprint density at radius 1 is 1.36 bits per heavy atom. The first kappa shape index (κ1) is 16.1. The van der Waals surface area contributed by atoms with Gasteiger partial charge in [0.25, 0.3) is 0 Å². The van der Waals surface area contributed by atoms with Crippen molar-refractivity contribution in [2.24, 2.45) is 7.05 Å². The van der Waals surface area contributed by atoms with Crippen molar-refractivity contribution in [1.29, 1.82) is 0 Å². The Morgan fingerprint density at radius 3 is 2.92 bits per heavy atom. The van der Waals surface area contributed by atoms with Crippen LogP contribution in [0, 0.1) is 0 Å². The molecular formula is C18H23N5O2. The van der Waals surface area contributed by atoms with Gasteiger partial charge in [-0.3, -0.25) is 9.69 Å². The van der Waals surface area contributed by atoms with Crippen molar-refractivity contribution in [3.05, 3.63) is 41.6 Å². The number of carbonyl (C=O) groups excluding carboxylic acids is 1. The fourth-order valence-electron chi connectivity index (χ4n) is 3.72. The maximum Gasteiger partial charge on any atom is 0.233 e. The Bertz CT molecular complexity index is 784. The lowest BCUT2D eigenvalue weighted by Gasteiger charge is -2.38. The largest absolute Gasteiger partial charge is 0.481 e. The van der Waals surface area contributed by atoms with E-state index >= 15 is 0 Å². The molecule has 4 heterocycles. The Labute approximate surface area is 147 Å². The highest BCUT2D eigenvalue weighted by Crippen LogP contribution is 2.31. The molecule has 0 spiro atoms. The molecule has 25 heavy (non-hydrogen) atoms. The van der Waals surface area contributed by atoms with Gasteiger partial charge in [0, 0.05) is 51.5 Å². The van der Waals surface area contributed by atoms with E-state index in [2.05, 4.69) is 14.9 Å². The van der Waals surface area contributed by atoms with Gasteiger partial charge in [-0.2, -0.15) is 0 Å². The van der Waals surface area contributed by atoms with Gasteiger partial charge in [0.05, 0.1) is 30.7 Å². The van der Waals surface area contributed by atoms with Crippen molar-refractivity contribution in [2.45, 2.75) is 25.4 Å². The van der Waals surface area contributed by atoms with Crippen LogP contribution in [0.25, 0.3) is 0 Å². The van der Waals surface area contributed by atoms with Crippen LogP contribution in [0.2, 0.25) is 0 Å². The highest BCUT2D eigenvalue weighted by Gasteiger charge is 2.37. The third-order valence-corrected chi connectivity index (χ3v) is 5.11. The SMILES string of the molecule is COc1ncccc1CN1Cc2ncn(C)c2[C@H](C(=O)N2CCC2)C1. The molecule has 1 amide bonds. The van der Waals surface area contributed by atoms with Crippen molar-refractivity contribution >= 4 is 5.91 Å². The third kappa shape index (κ3) is 2.89. The molecule has 2 aromatic heterocycles. The van der Waals surface area contributed by atoms with E-state index in [0.717, 1.165) is 43.0 Å². The normalized spacial score (nSPS) is 20.1. The van der Waals surface area contributed by atoms with Crippen LogP contribution in [-0.2, 0) is 24.9 Å². The van der Waals surface area contributed by atoms with Crippen molar-refractivity contribution in [1.82, 2.24) is 24.3 Å². The van der Waals surface area contributed by atoms with Crippen LogP contribution in [0.3, 0.4) is 0 Å². The Kier molecular flexibility index (Phi) is 4.17. The van der Waals surface area contributed by atoms with Gasteiger partial charge in [-0.25, -0.2) is 9.97 Å². The van der Waals surface area contributed by atoms with E-state index in [0.29, 0.717) is 19.0 Å². The summed E-state index contributed by atoms with van der Waals surface area (Å²) >= 11 is 0. The van der Waals surface area contributed by atoms with E-state index in [9.17, 15) is 4.79 Å². The number of hydrogen-bond donors (Lipinski definition) is 0. The molecule has 4 rings (SSSR count). The van der Waals surface area contributed by atoms with Crippen molar-refractivity contribution in [2.75, 3.05) is 26.7 Å². The summed E-state index contributed by atoms with van der Waals surface area (Å²) in [5, 5.41) is 0. The Hall–Kier alpha value is -2.41. The molecule has 0 aromatic carbocycles. The summed E-state index contributed by atoms with van der Waals surface area (Å²) in [7, 11) is 3.61. The number of nitrogens with zero attached hydrogens (tertiary/aromatic N) is 5. The van der Waals surface area contributed by atoms with Gasteiger partial charge >= 0.3 is 0 Å². The van der Waals surface area contributed by atoms with Gasteiger partial charge in [0.2, 0.25) is 11.8 Å². The Morgan fingerprint density at radius 2 is 2.20 bits per heavy atom. The first-order valence-electron chi connectivity index (χ1n) is 8.66. The maximum absolute atomic E-state index is 12.9. The average molecular weight is 341 g/mol. The highest BCUT2D eigenvalue weighted by molar-refractivity contribution is 5.84. The number of methoxy groups -OCH3 is 1. The monoisotopic (exact) mass is 341 g/mol. The van der Waals surface area contributed by atoms with E-state index in [-0.39, 0.29) is 11.8 Å². The van der Waals surface area contributed by atoms with Gasteiger partial charge < -0.3 is 14.2 Å². The number of aryl methyl sites for hydroxylation is 1. The molecular weight excluding hydrogens is 318 g/mol. The summed E-state index contributed by atoms with van der Waals surface area (Å²) in [6, 6.07) is 3.93. The minimum atomic E-state index is -0.154. The van der Waals surface area contributed by atoms with E-state index in [1.165, 1.54) is 0 Å². The Balaban J connectivity index is 1.60. The molecule has 0 N–H and O–H groups in total. The molecule has 1 atom stereocenters. The second-order valence-electron chi connectivity index (χ2n) is 6.76. The van der Waals surface area contributed by atoms with Gasteiger partial charge in [0.1, 0.15) is 0 Å². The van der Waals surface area contributed by atoms with E-state index in [1.54, 1.807) is 13.3 Å². The predicted octanol–water partition coefficient (Wildman–Crippen LogP) is 1.16. The smallest absolute Gasteiger partial charge is 0.233 e. The number of ether oxygens (including phenoxy) is 1. The first-order valence-corrected chi connectivity index (χ1v) is 8.66. The predicted molar refractivity (Wildman–Crippen MR) is 92.0 cm³/mol. The number of aromatic nitrogens is 3. The molecule has 2 aromatic rings. The lowest BCUT2D eigenvalue weighted by molar-refractivity contribution is -0.137. The number of pyridine rings is 1. The quantitative estimate of drug-likeness (QED) is 0.835. The first-order chi connectivity index (χ1) is 12.2. The maximum atomic E-state index is 12.9. The molecule has 0 radical (unpaired) electrons. The summed E-state index contributed by atoms with van der Waals surface area (Å²) < 4.78 is 7.37. The molecule has 7 nitrogen and oxygen atoms in total. The fourth-order valence-corrected chi connectivity index (χ4v) is 3.72. The molecule has 0 bridgehead atoms. The van der Waals surface area contributed by atoms with E-state index in [1.807, 2.05) is 35.0 Å². The van der Waals surface area contributed by atoms with Crippen LogP contribution in [0.1, 0.15) is 29.3 Å². The van der Waals surface area contributed by atoms with Gasteiger partial charge in [0.15, 0.2) is 0 Å². The zero-order chi connectivity index (χ0) is 17.4. The number of likely N-dealkylation sites (tertiary alicyclic amines) is 1. The second-order valence-corrected chi connectivity index (χ2v) is 6.76. The topological polar surface area (TPSA) is 63.5 Å². The number of rotatable bonds is 4. The highest BCUT2D eigenvalue weighted by atomic mass is 16.5. The number of imidazole rings is 1. The second kappa shape index (κ2) is 6.48.